The van der Waals surface area contributed by atoms with Gasteiger partial charge in [0, 0.05) is 48.1 Å². The highest BCUT2D eigenvalue weighted by molar-refractivity contribution is 7.90. The summed E-state index contributed by atoms with van der Waals surface area (Å²) in [4.78, 5) is 16.5. The van der Waals surface area contributed by atoms with Crippen LogP contribution in [0.5, 0.6) is 0 Å². The van der Waals surface area contributed by atoms with Crippen LogP contribution in [0.15, 0.2) is 27.8 Å². The van der Waals surface area contributed by atoms with Gasteiger partial charge < -0.3 is 15.1 Å². The maximum Gasteiger partial charge on any atom is 0.270 e. The number of fused-ring (bicyclic) bond motifs is 3. The second-order valence-corrected chi connectivity index (χ2v) is 8.25. The number of carbonyl (C=O) groups is 1. The van der Waals surface area contributed by atoms with Crippen molar-refractivity contribution < 1.29 is 17.6 Å². The molecule has 2 bridgehead atoms. The Hall–Kier alpha value is -1.93. The second-order valence-electron chi connectivity index (χ2n) is 6.31. The van der Waals surface area contributed by atoms with E-state index in [9.17, 15) is 13.2 Å². The van der Waals surface area contributed by atoms with Crippen molar-refractivity contribution in [2.24, 2.45) is 0 Å². The number of hydrogen-bond donors (Lipinski definition) is 2. The van der Waals surface area contributed by atoms with E-state index in [0.29, 0.717) is 23.1 Å². The number of rotatable bonds is 3. The van der Waals surface area contributed by atoms with E-state index in [1.807, 2.05) is 0 Å². The van der Waals surface area contributed by atoms with Crippen LogP contribution in [0.25, 0.3) is 11.0 Å². The smallest absolute Gasteiger partial charge is 0.270 e. The molecule has 2 fully saturated rings. The largest absolute Gasteiger partial charge is 0.445 e. The Morgan fingerprint density at radius 2 is 2.22 bits per heavy atom. The molecule has 2 aliphatic rings. The van der Waals surface area contributed by atoms with Crippen molar-refractivity contribution in [1.82, 2.24) is 15.6 Å². The average molecular weight is 335 g/mol. The first-order valence-corrected chi connectivity index (χ1v) is 9.46. The molecule has 0 spiro atoms. The van der Waals surface area contributed by atoms with Gasteiger partial charge in [0.05, 0.1) is 0 Å². The standard InChI is InChI=1S/C15H17N3O4S/c1-23(20,21)14-4-8-7-16-12(6-13(8)22-14)15(19)18-11-5-9-2-3-10(11)17-9/h4,6-7,9-11,17H,2-3,5H2,1H3,(H,18,19)/t9-,10+,11-/m1/s1. The minimum absolute atomic E-state index is 0.121. The van der Waals surface area contributed by atoms with Crippen molar-refractivity contribution in [3.63, 3.8) is 0 Å². The lowest BCUT2D eigenvalue weighted by molar-refractivity contribution is 0.0926. The van der Waals surface area contributed by atoms with Crippen LogP contribution in [0.3, 0.4) is 0 Å². The average Bonchev–Trinajstić information content (AvgIpc) is 3.20. The predicted octanol–water partition coefficient (Wildman–Crippen LogP) is 0.854. The molecule has 2 aromatic heterocycles. The highest BCUT2D eigenvalue weighted by Gasteiger charge is 2.39. The lowest BCUT2D eigenvalue weighted by atomic mass is 9.95. The molecule has 0 unspecified atom stereocenters. The Balaban J connectivity index is 1.57. The van der Waals surface area contributed by atoms with E-state index in [-0.39, 0.29) is 22.7 Å². The fourth-order valence-electron chi connectivity index (χ4n) is 3.44. The van der Waals surface area contributed by atoms with Crippen LogP contribution in [0.1, 0.15) is 29.8 Å². The summed E-state index contributed by atoms with van der Waals surface area (Å²) in [6.45, 7) is 0. The number of sulfone groups is 1. The van der Waals surface area contributed by atoms with Gasteiger partial charge in [0.2, 0.25) is 14.9 Å². The van der Waals surface area contributed by atoms with Crippen molar-refractivity contribution in [3.8, 4) is 0 Å². The van der Waals surface area contributed by atoms with Crippen molar-refractivity contribution >= 4 is 26.7 Å². The number of pyridine rings is 1. The van der Waals surface area contributed by atoms with Crippen molar-refractivity contribution in [1.29, 1.82) is 0 Å². The van der Waals surface area contributed by atoms with Gasteiger partial charge in [-0.05, 0) is 19.3 Å². The molecule has 0 radical (unpaired) electrons. The van der Waals surface area contributed by atoms with E-state index >= 15 is 0 Å². The summed E-state index contributed by atoms with van der Waals surface area (Å²) >= 11 is 0. The molecule has 122 valence electrons. The molecule has 4 heterocycles. The Bertz CT molecular complexity index is 889. The third-order valence-electron chi connectivity index (χ3n) is 4.59. The summed E-state index contributed by atoms with van der Waals surface area (Å²) in [6, 6.07) is 3.87. The molecule has 0 saturated carbocycles. The summed E-state index contributed by atoms with van der Waals surface area (Å²) in [5.41, 5.74) is 0.575. The van der Waals surface area contributed by atoms with Gasteiger partial charge in [-0.15, -0.1) is 0 Å². The second kappa shape index (κ2) is 5.04. The SMILES string of the molecule is CS(=O)(=O)c1cc2cnc(C(=O)N[C@@H]3C[C@H]4CC[C@@H]3N4)cc2o1. The van der Waals surface area contributed by atoms with E-state index < -0.39 is 9.84 Å². The van der Waals surface area contributed by atoms with Crippen LogP contribution in [-0.2, 0) is 9.84 Å². The van der Waals surface area contributed by atoms with Crippen LogP contribution in [-0.4, -0.2) is 43.7 Å². The molecule has 4 rings (SSSR count). The lowest BCUT2D eigenvalue weighted by Gasteiger charge is -2.21. The first-order valence-electron chi connectivity index (χ1n) is 7.57. The van der Waals surface area contributed by atoms with Crippen LogP contribution in [0, 0.1) is 0 Å². The number of furan rings is 1. The van der Waals surface area contributed by atoms with E-state index in [0.717, 1.165) is 19.1 Å². The molecule has 3 atom stereocenters. The fourth-order valence-corrected chi connectivity index (χ4v) is 4.02. The first-order chi connectivity index (χ1) is 10.9. The summed E-state index contributed by atoms with van der Waals surface area (Å²) in [5.74, 6) is -0.261. The molecule has 7 nitrogen and oxygen atoms in total. The quantitative estimate of drug-likeness (QED) is 0.862. The maximum absolute atomic E-state index is 12.4. The maximum atomic E-state index is 12.4. The van der Waals surface area contributed by atoms with Crippen molar-refractivity contribution in [3.05, 3.63) is 24.0 Å². The van der Waals surface area contributed by atoms with Gasteiger partial charge in [-0.25, -0.2) is 8.42 Å². The Morgan fingerprint density at radius 3 is 2.87 bits per heavy atom. The van der Waals surface area contributed by atoms with Gasteiger partial charge in [-0.3, -0.25) is 9.78 Å². The van der Waals surface area contributed by atoms with Gasteiger partial charge in [-0.1, -0.05) is 0 Å². The summed E-state index contributed by atoms with van der Waals surface area (Å²) in [6.07, 6.45) is 5.73. The molecular formula is C15H17N3O4S. The molecule has 2 N–H and O–H groups in total. The fraction of sp³-hybridized carbons (Fsp3) is 0.467. The van der Waals surface area contributed by atoms with Gasteiger partial charge >= 0.3 is 0 Å². The zero-order valence-electron chi connectivity index (χ0n) is 12.6. The lowest BCUT2D eigenvalue weighted by Crippen LogP contribution is -2.43. The molecule has 0 aromatic carbocycles. The number of nitrogens with zero attached hydrogens (tertiary/aromatic N) is 1. The minimum Gasteiger partial charge on any atom is -0.445 e. The number of nitrogens with one attached hydrogen (secondary N) is 2. The third kappa shape index (κ3) is 2.61. The summed E-state index contributed by atoms with van der Waals surface area (Å²) in [5, 5.41) is 6.91. The normalized spacial score (nSPS) is 26.7. The van der Waals surface area contributed by atoms with Gasteiger partial charge in [0.1, 0.15) is 11.3 Å². The Labute approximate surface area is 133 Å². The molecule has 23 heavy (non-hydrogen) atoms. The first kappa shape index (κ1) is 14.6. The number of hydrogen-bond acceptors (Lipinski definition) is 6. The van der Waals surface area contributed by atoms with Gasteiger partial charge in [0.15, 0.2) is 0 Å². The number of amides is 1. The zero-order chi connectivity index (χ0) is 16.2. The Kier molecular flexibility index (Phi) is 3.21. The van der Waals surface area contributed by atoms with Crippen molar-refractivity contribution in [2.75, 3.05) is 6.26 Å². The minimum atomic E-state index is -3.43. The summed E-state index contributed by atoms with van der Waals surface area (Å²) in [7, 11) is -3.43. The molecule has 2 saturated heterocycles. The van der Waals surface area contributed by atoms with E-state index in [1.54, 1.807) is 0 Å². The molecular weight excluding hydrogens is 318 g/mol. The molecule has 0 aliphatic carbocycles. The van der Waals surface area contributed by atoms with Crippen LogP contribution < -0.4 is 10.6 Å². The van der Waals surface area contributed by atoms with E-state index in [4.69, 9.17) is 4.42 Å². The number of aromatic nitrogens is 1. The van der Waals surface area contributed by atoms with Gasteiger partial charge in [0.25, 0.3) is 5.91 Å². The highest BCUT2D eigenvalue weighted by Crippen LogP contribution is 2.28. The summed E-state index contributed by atoms with van der Waals surface area (Å²) < 4.78 is 28.4. The molecule has 2 aliphatic heterocycles. The third-order valence-corrected chi connectivity index (χ3v) is 5.53. The van der Waals surface area contributed by atoms with E-state index in [1.165, 1.54) is 24.8 Å². The Morgan fingerprint density at radius 1 is 1.39 bits per heavy atom. The predicted molar refractivity (Wildman–Crippen MR) is 82.9 cm³/mol. The zero-order valence-corrected chi connectivity index (χ0v) is 13.4. The topological polar surface area (TPSA) is 101 Å². The van der Waals surface area contributed by atoms with Crippen molar-refractivity contribution in [2.45, 2.75) is 42.5 Å². The molecule has 8 heteroatoms. The van der Waals surface area contributed by atoms with Gasteiger partial charge in [-0.2, -0.15) is 0 Å². The van der Waals surface area contributed by atoms with Crippen LogP contribution in [0.4, 0.5) is 0 Å². The number of carbonyl (C=O) groups excluding carboxylic acids is 1. The monoisotopic (exact) mass is 335 g/mol. The van der Waals surface area contributed by atoms with Crippen LogP contribution >= 0.6 is 0 Å². The highest BCUT2D eigenvalue weighted by atomic mass is 32.2. The molecule has 2 aromatic rings. The van der Waals surface area contributed by atoms with E-state index in [2.05, 4.69) is 15.6 Å². The van der Waals surface area contributed by atoms with Crippen LogP contribution in [0.2, 0.25) is 0 Å². The molecule has 1 amide bonds.